The summed E-state index contributed by atoms with van der Waals surface area (Å²) in [5.41, 5.74) is 2.04. The molecule has 156 valence electrons. The second-order valence-corrected chi connectivity index (χ2v) is 8.47. The number of carbonyl (C=O) groups is 2. The Bertz CT molecular complexity index is 940. The molecule has 2 rings (SSSR count). The molecule has 0 heterocycles. The second-order valence-electron chi connectivity index (χ2n) is 6.54. The SMILES string of the molecule is CNS(=O)(=O)Cc1ccccc1CNC(=O)CCCOc1ccc(C(C)=O)cc1. The van der Waals surface area contributed by atoms with Crippen LogP contribution < -0.4 is 14.8 Å². The predicted octanol–water partition coefficient (Wildman–Crippen LogP) is 2.41. The maximum Gasteiger partial charge on any atom is 0.220 e. The maximum atomic E-state index is 12.1. The van der Waals surface area contributed by atoms with Gasteiger partial charge in [-0.3, -0.25) is 9.59 Å². The number of benzene rings is 2. The highest BCUT2D eigenvalue weighted by molar-refractivity contribution is 7.88. The fourth-order valence-corrected chi connectivity index (χ4v) is 3.47. The molecule has 0 unspecified atom stereocenters. The molecule has 8 heteroatoms. The van der Waals surface area contributed by atoms with Crippen LogP contribution in [-0.2, 0) is 27.1 Å². The molecule has 0 aliphatic rings. The van der Waals surface area contributed by atoms with E-state index in [-0.39, 0.29) is 24.0 Å². The Balaban J connectivity index is 1.76. The van der Waals surface area contributed by atoms with Crippen LogP contribution in [0.3, 0.4) is 0 Å². The van der Waals surface area contributed by atoms with Crippen LogP contribution in [0.5, 0.6) is 5.75 Å². The Morgan fingerprint density at radius 1 is 1.00 bits per heavy atom. The van der Waals surface area contributed by atoms with Crippen LogP contribution in [0, 0.1) is 0 Å². The molecule has 2 aromatic carbocycles. The van der Waals surface area contributed by atoms with E-state index in [1.807, 2.05) is 6.07 Å². The summed E-state index contributed by atoms with van der Waals surface area (Å²) in [5, 5.41) is 2.81. The van der Waals surface area contributed by atoms with Crippen LogP contribution in [0.4, 0.5) is 0 Å². The van der Waals surface area contributed by atoms with Crippen molar-refractivity contribution >= 4 is 21.7 Å². The number of nitrogens with one attached hydrogen (secondary N) is 2. The first-order valence-corrected chi connectivity index (χ1v) is 10.9. The smallest absolute Gasteiger partial charge is 0.220 e. The monoisotopic (exact) mass is 418 g/mol. The lowest BCUT2D eigenvalue weighted by molar-refractivity contribution is -0.121. The molecule has 0 fully saturated rings. The summed E-state index contributed by atoms with van der Waals surface area (Å²) in [5.74, 6) is 0.381. The summed E-state index contributed by atoms with van der Waals surface area (Å²) >= 11 is 0. The molecular weight excluding hydrogens is 392 g/mol. The number of carbonyl (C=O) groups excluding carboxylic acids is 2. The largest absolute Gasteiger partial charge is 0.494 e. The minimum Gasteiger partial charge on any atom is -0.494 e. The van der Waals surface area contributed by atoms with Crippen molar-refractivity contribution in [2.45, 2.75) is 32.1 Å². The minimum absolute atomic E-state index is 0.00153. The average molecular weight is 419 g/mol. The van der Waals surface area contributed by atoms with Crippen molar-refractivity contribution < 1.29 is 22.7 Å². The number of ether oxygens (including phenoxy) is 1. The average Bonchev–Trinajstić information content (AvgIpc) is 2.70. The van der Waals surface area contributed by atoms with Crippen molar-refractivity contribution in [2.24, 2.45) is 0 Å². The summed E-state index contributed by atoms with van der Waals surface area (Å²) in [6.07, 6.45) is 0.832. The number of sulfonamides is 1. The zero-order chi connectivity index (χ0) is 21.3. The molecule has 0 aliphatic carbocycles. The molecule has 0 saturated heterocycles. The van der Waals surface area contributed by atoms with Gasteiger partial charge in [0.1, 0.15) is 5.75 Å². The van der Waals surface area contributed by atoms with Crippen LogP contribution in [0.1, 0.15) is 41.3 Å². The number of amides is 1. The second kappa shape index (κ2) is 10.7. The Hall–Kier alpha value is -2.71. The first-order chi connectivity index (χ1) is 13.8. The molecule has 0 aromatic heterocycles. The molecule has 29 heavy (non-hydrogen) atoms. The Morgan fingerprint density at radius 3 is 2.28 bits per heavy atom. The van der Waals surface area contributed by atoms with E-state index in [0.29, 0.717) is 36.3 Å². The van der Waals surface area contributed by atoms with Gasteiger partial charge in [0, 0.05) is 18.5 Å². The molecule has 0 atom stereocenters. The van der Waals surface area contributed by atoms with Crippen LogP contribution in [0.15, 0.2) is 48.5 Å². The third-order valence-electron chi connectivity index (χ3n) is 4.33. The van der Waals surface area contributed by atoms with Crippen molar-refractivity contribution in [1.29, 1.82) is 0 Å². The molecule has 0 spiro atoms. The molecule has 1 amide bonds. The van der Waals surface area contributed by atoms with Gasteiger partial charge in [0.15, 0.2) is 5.78 Å². The Kier molecular flexibility index (Phi) is 8.35. The van der Waals surface area contributed by atoms with Crippen molar-refractivity contribution in [2.75, 3.05) is 13.7 Å². The highest BCUT2D eigenvalue weighted by atomic mass is 32.2. The summed E-state index contributed by atoms with van der Waals surface area (Å²) in [4.78, 5) is 23.3. The maximum absolute atomic E-state index is 12.1. The summed E-state index contributed by atoms with van der Waals surface area (Å²) in [6, 6.07) is 14.0. The normalized spacial score (nSPS) is 11.1. The van der Waals surface area contributed by atoms with E-state index in [1.54, 1.807) is 42.5 Å². The number of Topliss-reactive ketones (excluding diaryl/α,β-unsaturated/α-hetero) is 1. The Labute approximate surface area is 171 Å². The first-order valence-electron chi connectivity index (χ1n) is 9.29. The van der Waals surface area contributed by atoms with Gasteiger partial charge in [0.2, 0.25) is 15.9 Å². The molecule has 2 N–H and O–H groups in total. The molecule has 0 saturated carbocycles. The van der Waals surface area contributed by atoms with Gasteiger partial charge in [-0.15, -0.1) is 0 Å². The third-order valence-corrected chi connectivity index (χ3v) is 5.64. The van der Waals surface area contributed by atoms with E-state index in [1.165, 1.54) is 14.0 Å². The first kappa shape index (κ1) is 22.6. The topological polar surface area (TPSA) is 102 Å². The van der Waals surface area contributed by atoms with E-state index in [2.05, 4.69) is 10.0 Å². The fraction of sp³-hybridized carbons (Fsp3) is 0.333. The van der Waals surface area contributed by atoms with Gasteiger partial charge >= 0.3 is 0 Å². The molecule has 0 radical (unpaired) electrons. The lowest BCUT2D eigenvalue weighted by Crippen LogP contribution is -2.25. The van der Waals surface area contributed by atoms with Gasteiger partial charge in [-0.25, -0.2) is 13.1 Å². The lowest BCUT2D eigenvalue weighted by atomic mass is 10.1. The van der Waals surface area contributed by atoms with Gasteiger partial charge in [0.25, 0.3) is 0 Å². The number of rotatable bonds is 11. The van der Waals surface area contributed by atoms with Crippen LogP contribution in [0.25, 0.3) is 0 Å². The summed E-state index contributed by atoms with van der Waals surface area (Å²) < 4.78 is 31.4. The molecular formula is C21H26N2O5S. The highest BCUT2D eigenvalue weighted by Crippen LogP contribution is 2.14. The molecule has 2 aromatic rings. The molecule has 7 nitrogen and oxygen atoms in total. The van der Waals surface area contributed by atoms with Crippen LogP contribution >= 0.6 is 0 Å². The van der Waals surface area contributed by atoms with Gasteiger partial charge in [-0.05, 0) is 55.8 Å². The molecule has 0 bridgehead atoms. The van der Waals surface area contributed by atoms with Crippen LogP contribution in [-0.4, -0.2) is 33.8 Å². The zero-order valence-corrected chi connectivity index (χ0v) is 17.4. The summed E-state index contributed by atoms with van der Waals surface area (Å²) in [6.45, 7) is 2.15. The zero-order valence-electron chi connectivity index (χ0n) is 16.6. The standard InChI is InChI=1S/C21H26N2O5S/c1-16(24)17-9-11-20(12-10-17)28-13-5-8-21(25)23-14-18-6-3-4-7-19(18)15-29(26,27)22-2/h3-4,6-7,9-12,22H,5,8,13-15H2,1-2H3,(H,23,25). The third kappa shape index (κ3) is 7.67. The van der Waals surface area contributed by atoms with E-state index in [9.17, 15) is 18.0 Å². The molecule has 0 aliphatic heterocycles. The fourth-order valence-electron chi connectivity index (χ4n) is 2.64. The van der Waals surface area contributed by atoms with E-state index >= 15 is 0 Å². The number of hydrogen-bond acceptors (Lipinski definition) is 5. The predicted molar refractivity (Wildman–Crippen MR) is 111 cm³/mol. The quantitative estimate of drug-likeness (QED) is 0.431. The van der Waals surface area contributed by atoms with E-state index in [0.717, 1.165) is 5.56 Å². The number of hydrogen-bond donors (Lipinski definition) is 2. The Morgan fingerprint density at radius 2 is 1.66 bits per heavy atom. The lowest BCUT2D eigenvalue weighted by Gasteiger charge is -2.11. The van der Waals surface area contributed by atoms with Crippen molar-refractivity contribution in [3.8, 4) is 5.75 Å². The highest BCUT2D eigenvalue weighted by Gasteiger charge is 2.12. The van der Waals surface area contributed by atoms with Crippen molar-refractivity contribution in [1.82, 2.24) is 10.0 Å². The minimum atomic E-state index is -3.38. The summed E-state index contributed by atoms with van der Waals surface area (Å²) in [7, 11) is -2.01. The van der Waals surface area contributed by atoms with Gasteiger partial charge < -0.3 is 10.1 Å². The van der Waals surface area contributed by atoms with E-state index in [4.69, 9.17) is 4.74 Å². The van der Waals surface area contributed by atoms with Gasteiger partial charge in [-0.1, -0.05) is 24.3 Å². The van der Waals surface area contributed by atoms with Crippen LogP contribution in [0.2, 0.25) is 0 Å². The van der Waals surface area contributed by atoms with Crippen molar-refractivity contribution in [3.63, 3.8) is 0 Å². The van der Waals surface area contributed by atoms with Gasteiger partial charge in [0.05, 0.1) is 12.4 Å². The van der Waals surface area contributed by atoms with Crippen molar-refractivity contribution in [3.05, 3.63) is 65.2 Å². The van der Waals surface area contributed by atoms with E-state index < -0.39 is 10.0 Å². The number of ketones is 1. The van der Waals surface area contributed by atoms with Gasteiger partial charge in [-0.2, -0.15) is 0 Å².